The van der Waals surface area contributed by atoms with Gasteiger partial charge in [0.15, 0.2) is 0 Å². The number of H-pyrrole nitrogens is 1. The van der Waals surface area contributed by atoms with E-state index in [0.717, 1.165) is 39.3 Å². The summed E-state index contributed by atoms with van der Waals surface area (Å²) >= 11 is 0. The lowest BCUT2D eigenvalue weighted by atomic mass is 10.1. The van der Waals surface area contributed by atoms with Gasteiger partial charge in [0, 0.05) is 22.5 Å². The first kappa shape index (κ1) is 33.3. The molecule has 2 heterocycles. The fourth-order valence-electron chi connectivity index (χ4n) is 4.99. The highest BCUT2D eigenvalue weighted by Crippen LogP contribution is 2.51. The average molecular weight is 698 g/mol. The Morgan fingerprint density at radius 1 is 0.667 bits per heavy atom. The van der Waals surface area contributed by atoms with Crippen LogP contribution >= 0.6 is 7.82 Å². The molecule has 13 heteroatoms. The number of aryl methyl sites for hydroxylation is 1. The maximum absolute atomic E-state index is 13.8. The summed E-state index contributed by atoms with van der Waals surface area (Å²) in [4.78, 5) is 9.31. The number of nitrogens with one attached hydrogen (secondary N) is 2. The summed E-state index contributed by atoms with van der Waals surface area (Å²) in [6.45, 7) is 2.03. The molecule has 7 rings (SSSR count). The Hall–Kier alpha value is -6.20. The van der Waals surface area contributed by atoms with Gasteiger partial charge in [-0.3, -0.25) is 9.05 Å². The van der Waals surface area contributed by atoms with E-state index in [4.69, 9.17) is 23.3 Å². The van der Waals surface area contributed by atoms with Crippen LogP contribution in [-0.4, -0.2) is 30.6 Å². The highest BCUT2D eigenvalue weighted by Gasteiger charge is 2.29. The van der Waals surface area contributed by atoms with Gasteiger partial charge >= 0.3 is 7.82 Å². The Morgan fingerprint density at radius 2 is 1.33 bits per heavy atom. The standard InChI is InChI=1S/C38H32N7O5P/c1-27-23-36(41-38(39-27)40-32-17-15-30(16-18-32)37-42-44-45-43-37)31-13-8-14-35(24-31)49-33-19-21-34(22-20-33)50-51(46,47-25-28-9-4-2-5-10-28)48-26-29-11-6-3-7-12-29/h2-24H,25-26H2,1H3,(H,39,40,41)(H,42,43,44,45). The van der Waals surface area contributed by atoms with Crippen molar-refractivity contribution in [2.24, 2.45) is 0 Å². The first-order valence-electron chi connectivity index (χ1n) is 16.0. The minimum absolute atomic E-state index is 0.0591. The fourth-order valence-corrected chi connectivity index (χ4v) is 6.16. The van der Waals surface area contributed by atoms with Crippen LogP contribution in [0.5, 0.6) is 17.2 Å². The molecule has 0 aliphatic carbocycles. The van der Waals surface area contributed by atoms with E-state index in [1.54, 1.807) is 24.3 Å². The molecule has 254 valence electrons. The number of rotatable bonds is 14. The first-order chi connectivity index (χ1) is 25.0. The third kappa shape index (κ3) is 9.08. The van der Waals surface area contributed by atoms with Gasteiger partial charge in [-0.1, -0.05) is 72.8 Å². The van der Waals surface area contributed by atoms with Crippen LogP contribution in [0.1, 0.15) is 16.8 Å². The monoisotopic (exact) mass is 697 g/mol. The minimum Gasteiger partial charge on any atom is -0.457 e. The summed E-state index contributed by atoms with van der Waals surface area (Å²) in [6, 6.07) is 42.7. The van der Waals surface area contributed by atoms with Crippen molar-refractivity contribution in [2.75, 3.05) is 5.32 Å². The number of aromatic nitrogens is 6. The van der Waals surface area contributed by atoms with E-state index in [-0.39, 0.29) is 13.2 Å². The Kier molecular flexibility index (Phi) is 10.2. The molecule has 0 unspecified atom stereocenters. The molecule has 0 amide bonds. The van der Waals surface area contributed by atoms with Crippen LogP contribution in [-0.2, 0) is 26.8 Å². The number of hydrogen-bond donors (Lipinski definition) is 2. The van der Waals surface area contributed by atoms with Gasteiger partial charge in [-0.2, -0.15) is 5.21 Å². The molecule has 0 aliphatic heterocycles. The number of anilines is 2. The number of phosphoric ester groups is 1. The second-order valence-electron chi connectivity index (χ2n) is 11.3. The molecule has 0 atom stereocenters. The summed E-state index contributed by atoms with van der Waals surface area (Å²) in [5.74, 6) is 2.43. The maximum atomic E-state index is 13.8. The third-order valence-corrected chi connectivity index (χ3v) is 8.79. The van der Waals surface area contributed by atoms with E-state index in [1.165, 1.54) is 0 Å². The van der Waals surface area contributed by atoms with E-state index in [0.29, 0.717) is 29.0 Å². The molecule has 7 aromatic rings. The lowest BCUT2D eigenvalue weighted by Crippen LogP contribution is -2.03. The van der Waals surface area contributed by atoms with Gasteiger partial charge in [0.25, 0.3) is 0 Å². The average Bonchev–Trinajstić information content (AvgIpc) is 3.71. The van der Waals surface area contributed by atoms with Gasteiger partial charge in [0.05, 0.1) is 18.9 Å². The van der Waals surface area contributed by atoms with Crippen molar-refractivity contribution in [3.05, 3.63) is 156 Å². The second kappa shape index (κ2) is 15.6. The van der Waals surface area contributed by atoms with Crippen LogP contribution in [0.3, 0.4) is 0 Å². The lowest BCUT2D eigenvalue weighted by Gasteiger charge is -2.19. The Labute approximate surface area is 294 Å². The summed E-state index contributed by atoms with van der Waals surface area (Å²) < 4.78 is 37.3. The largest absolute Gasteiger partial charge is 0.530 e. The molecule has 2 N–H and O–H groups in total. The molecule has 0 spiro atoms. The third-order valence-electron chi connectivity index (χ3n) is 7.47. The molecule has 0 fully saturated rings. The van der Waals surface area contributed by atoms with Gasteiger partial charge in [-0.25, -0.2) is 14.5 Å². The van der Waals surface area contributed by atoms with Crippen LogP contribution < -0.4 is 14.6 Å². The molecule has 0 saturated carbocycles. The maximum Gasteiger partial charge on any atom is 0.530 e. The van der Waals surface area contributed by atoms with Gasteiger partial charge < -0.3 is 14.6 Å². The molecule has 0 bridgehead atoms. The Bertz CT molecular complexity index is 2180. The van der Waals surface area contributed by atoms with E-state index in [1.807, 2.05) is 122 Å². The van der Waals surface area contributed by atoms with Crippen molar-refractivity contribution < 1.29 is 22.9 Å². The van der Waals surface area contributed by atoms with Gasteiger partial charge in [-0.05, 0) is 90.0 Å². The first-order valence-corrected chi connectivity index (χ1v) is 17.4. The quantitative estimate of drug-likeness (QED) is 0.105. The molecule has 51 heavy (non-hydrogen) atoms. The molecule has 0 saturated heterocycles. The lowest BCUT2D eigenvalue weighted by molar-refractivity contribution is 0.143. The number of hydrogen-bond acceptors (Lipinski definition) is 11. The Balaban J connectivity index is 1.02. The number of nitrogens with zero attached hydrogens (tertiary/aromatic N) is 5. The van der Waals surface area contributed by atoms with E-state index < -0.39 is 7.82 Å². The normalized spacial score (nSPS) is 11.2. The fraction of sp³-hybridized carbons (Fsp3) is 0.0789. The zero-order chi connectivity index (χ0) is 34.9. The minimum atomic E-state index is -4.00. The molecule has 0 aliphatic rings. The zero-order valence-corrected chi connectivity index (χ0v) is 28.3. The summed E-state index contributed by atoms with van der Waals surface area (Å²) in [6.07, 6.45) is 0. The summed E-state index contributed by atoms with van der Waals surface area (Å²) in [5, 5.41) is 17.3. The predicted molar refractivity (Wildman–Crippen MR) is 192 cm³/mol. The summed E-state index contributed by atoms with van der Waals surface area (Å²) in [5.41, 5.74) is 5.70. The van der Waals surface area contributed by atoms with Gasteiger partial charge in [-0.15, -0.1) is 10.2 Å². The van der Waals surface area contributed by atoms with Crippen molar-refractivity contribution in [1.82, 2.24) is 30.6 Å². The van der Waals surface area contributed by atoms with Crippen LogP contribution in [0.2, 0.25) is 0 Å². The van der Waals surface area contributed by atoms with E-state index in [9.17, 15) is 4.57 Å². The second-order valence-corrected chi connectivity index (χ2v) is 12.9. The smallest absolute Gasteiger partial charge is 0.457 e. The molecule has 5 aromatic carbocycles. The van der Waals surface area contributed by atoms with Crippen molar-refractivity contribution in [3.63, 3.8) is 0 Å². The number of aromatic amines is 1. The van der Waals surface area contributed by atoms with Crippen LogP contribution in [0.4, 0.5) is 11.6 Å². The van der Waals surface area contributed by atoms with Crippen LogP contribution in [0, 0.1) is 6.92 Å². The van der Waals surface area contributed by atoms with E-state index in [2.05, 4.69) is 30.9 Å². The molecule has 2 aromatic heterocycles. The number of benzene rings is 5. The number of phosphoric acid groups is 1. The number of tetrazole rings is 1. The molecule has 0 radical (unpaired) electrons. The number of ether oxygens (including phenoxy) is 1. The highest BCUT2D eigenvalue weighted by atomic mass is 31.2. The Morgan fingerprint density at radius 3 is 1.98 bits per heavy atom. The van der Waals surface area contributed by atoms with Crippen LogP contribution in [0.15, 0.2) is 140 Å². The van der Waals surface area contributed by atoms with E-state index >= 15 is 0 Å². The van der Waals surface area contributed by atoms with Gasteiger partial charge in [0.2, 0.25) is 11.8 Å². The van der Waals surface area contributed by atoms with Crippen molar-refractivity contribution >= 4 is 19.5 Å². The SMILES string of the molecule is Cc1cc(-c2cccc(Oc3ccc(OP(=O)(OCc4ccccc4)OCc4ccccc4)cc3)c2)nc(Nc2ccc(-c3nn[nH]n3)cc2)n1. The summed E-state index contributed by atoms with van der Waals surface area (Å²) in [7, 11) is -4.00. The molecular weight excluding hydrogens is 665 g/mol. The zero-order valence-electron chi connectivity index (χ0n) is 27.4. The highest BCUT2D eigenvalue weighted by molar-refractivity contribution is 7.48. The van der Waals surface area contributed by atoms with Crippen molar-refractivity contribution in [3.8, 4) is 39.9 Å². The topological polar surface area (TPSA) is 146 Å². The van der Waals surface area contributed by atoms with Crippen molar-refractivity contribution in [2.45, 2.75) is 20.1 Å². The predicted octanol–water partition coefficient (Wildman–Crippen LogP) is 9.09. The molecule has 12 nitrogen and oxygen atoms in total. The molecular formula is C38H32N7O5P. The van der Waals surface area contributed by atoms with Crippen molar-refractivity contribution in [1.29, 1.82) is 0 Å². The van der Waals surface area contributed by atoms with Gasteiger partial charge in [0.1, 0.15) is 17.2 Å². The van der Waals surface area contributed by atoms with Crippen LogP contribution in [0.25, 0.3) is 22.6 Å².